The molecular weight excluding hydrogens is 280 g/mol. The Hall–Kier alpha value is -1.37. The third kappa shape index (κ3) is 2.59. The number of sulfone groups is 1. The highest BCUT2D eigenvalue weighted by Gasteiger charge is 2.39. The van der Waals surface area contributed by atoms with Crippen molar-refractivity contribution in [2.45, 2.75) is 44.9 Å². The number of rotatable bonds is 2. The molecule has 1 saturated heterocycles. The lowest BCUT2D eigenvalue weighted by Crippen LogP contribution is -2.54. The topological polar surface area (TPSA) is 80.5 Å². The molecule has 0 bridgehead atoms. The van der Waals surface area contributed by atoms with E-state index in [2.05, 4.69) is 5.16 Å². The second-order valence-electron chi connectivity index (χ2n) is 5.58. The molecule has 20 heavy (non-hydrogen) atoms. The van der Waals surface area contributed by atoms with Crippen molar-refractivity contribution < 1.29 is 17.7 Å². The Kier molecular flexibility index (Phi) is 3.90. The summed E-state index contributed by atoms with van der Waals surface area (Å²) in [4.78, 5) is 14.0. The number of carbonyl (C=O) groups is 1. The van der Waals surface area contributed by atoms with Gasteiger partial charge in [0.1, 0.15) is 0 Å². The molecule has 0 unspecified atom stereocenters. The summed E-state index contributed by atoms with van der Waals surface area (Å²) in [6, 6.07) is 1.27. The largest absolute Gasteiger partial charge is 0.351 e. The van der Waals surface area contributed by atoms with Crippen molar-refractivity contribution >= 4 is 15.7 Å². The average Bonchev–Trinajstić information content (AvgIpc) is 2.85. The summed E-state index contributed by atoms with van der Waals surface area (Å²) in [5, 5.41) is 3.30. The van der Waals surface area contributed by atoms with Gasteiger partial charge in [-0.3, -0.25) is 4.79 Å². The van der Waals surface area contributed by atoms with Gasteiger partial charge in [0.2, 0.25) is 5.76 Å². The molecule has 0 aromatic carbocycles. The van der Waals surface area contributed by atoms with Gasteiger partial charge in [0.05, 0.1) is 16.7 Å². The Morgan fingerprint density at radius 2 is 2.10 bits per heavy atom. The van der Waals surface area contributed by atoms with Gasteiger partial charge in [-0.2, -0.15) is 0 Å². The van der Waals surface area contributed by atoms with Crippen LogP contribution in [0.15, 0.2) is 10.6 Å². The monoisotopic (exact) mass is 300 g/mol. The molecule has 7 heteroatoms. The minimum absolute atomic E-state index is 0.00454. The van der Waals surface area contributed by atoms with E-state index in [9.17, 15) is 13.2 Å². The molecule has 1 fully saturated rings. The summed E-state index contributed by atoms with van der Waals surface area (Å²) in [5.41, 5.74) is 0.721. The standard InChI is InChI=1S/C13H20N2O4S/c1-8(2)11-7-12(19-14-11)13(16)15-5-6-20(17,18)10(4)9(15)3/h7-10H,5-6H2,1-4H3/t9-,10-/m0/s1. The van der Waals surface area contributed by atoms with Crippen LogP contribution in [0.4, 0.5) is 0 Å². The first-order chi connectivity index (χ1) is 9.24. The van der Waals surface area contributed by atoms with Crippen molar-refractivity contribution in [1.82, 2.24) is 10.1 Å². The lowest BCUT2D eigenvalue weighted by molar-refractivity contribution is 0.0650. The van der Waals surface area contributed by atoms with Crippen molar-refractivity contribution in [3.05, 3.63) is 17.5 Å². The Morgan fingerprint density at radius 3 is 2.65 bits per heavy atom. The molecule has 1 aromatic rings. The van der Waals surface area contributed by atoms with Crippen molar-refractivity contribution in [1.29, 1.82) is 0 Å². The maximum Gasteiger partial charge on any atom is 0.292 e. The molecule has 0 aliphatic carbocycles. The number of aromatic nitrogens is 1. The predicted molar refractivity (Wildman–Crippen MR) is 74.3 cm³/mol. The molecule has 1 aliphatic heterocycles. The van der Waals surface area contributed by atoms with Crippen molar-refractivity contribution in [3.63, 3.8) is 0 Å². The van der Waals surface area contributed by atoms with Gasteiger partial charge in [0.15, 0.2) is 9.84 Å². The van der Waals surface area contributed by atoms with Crippen LogP contribution in [-0.2, 0) is 9.84 Å². The van der Waals surface area contributed by atoms with Gasteiger partial charge in [0.25, 0.3) is 5.91 Å². The van der Waals surface area contributed by atoms with Gasteiger partial charge in [-0.1, -0.05) is 19.0 Å². The first kappa shape index (κ1) is 15.0. The van der Waals surface area contributed by atoms with Gasteiger partial charge < -0.3 is 9.42 Å². The highest BCUT2D eigenvalue weighted by molar-refractivity contribution is 7.92. The van der Waals surface area contributed by atoms with Gasteiger partial charge in [-0.25, -0.2) is 8.42 Å². The van der Waals surface area contributed by atoms with Gasteiger partial charge >= 0.3 is 0 Å². The Bertz CT molecular complexity index is 606. The molecule has 2 rings (SSSR count). The number of hydrogen-bond donors (Lipinski definition) is 0. The van der Waals surface area contributed by atoms with E-state index in [1.807, 2.05) is 13.8 Å². The van der Waals surface area contributed by atoms with E-state index in [-0.39, 0.29) is 35.9 Å². The average molecular weight is 300 g/mol. The van der Waals surface area contributed by atoms with E-state index < -0.39 is 15.1 Å². The number of carbonyl (C=O) groups excluding carboxylic acids is 1. The fraction of sp³-hybridized carbons (Fsp3) is 0.692. The number of amides is 1. The molecule has 112 valence electrons. The van der Waals surface area contributed by atoms with Crippen LogP contribution in [0.5, 0.6) is 0 Å². The smallest absolute Gasteiger partial charge is 0.292 e. The highest BCUT2D eigenvalue weighted by Crippen LogP contribution is 2.22. The molecule has 1 aliphatic rings. The van der Waals surface area contributed by atoms with E-state index >= 15 is 0 Å². The highest BCUT2D eigenvalue weighted by atomic mass is 32.2. The summed E-state index contributed by atoms with van der Waals surface area (Å²) in [7, 11) is -3.11. The third-order valence-corrected chi connectivity index (χ3v) is 6.22. The Balaban J connectivity index is 2.21. The first-order valence-electron chi connectivity index (χ1n) is 6.73. The molecule has 2 heterocycles. The van der Waals surface area contributed by atoms with Crippen molar-refractivity contribution in [2.75, 3.05) is 12.3 Å². The molecular formula is C13H20N2O4S. The van der Waals surface area contributed by atoms with E-state index in [1.165, 1.54) is 0 Å². The maximum absolute atomic E-state index is 12.4. The Labute approximate surface area is 119 Å². The molecule has 1 amide bonds. The molecule has 6 nitrogen and oxygen atoms in total. The van der Waals surface area contributed by atoms with E-state index in [0.717, 1.165) is 5.69 Å². The second-order valence-corrected chi connectivity index (χ2v) is 8.06. The fourth-order valence-corrected chi connectivity index (χ4v) is 3.83. The quantitative estimate of drug-likeness (QED) is 0.825. The number of nitrogens with zero attached hydrogens (tertiary/aromatic N) is 2. The molecule has 1 aromatic heterocycles. The Morgan fingerprint density at radius 1 is 1.45 bits per heavy atom. The SMILES string of the molecule is CC(C)c1cc(C(=O)N2CCS(=O)(=O)[C@@H](C)[C@@H]2C)on1. The lowest BCUT2D eigenvalue weighted by Gasteiger charge is -2.36. The summed E-state index contributed by atoms with van der Waals surface area (Å²) in [6.07, 6.45) is 0. The minimum atomic E-state index is -3.11. The third-order valence-electron chi connectivity index (χ3n) is 3.95. The fourth-order valence-electron chi connectivity index (χ4n) is 2.26. The van der Waals surface area contributed by atoms with Crippen LogP contribution in [-0.4, -0.2) is 48.0 Å². The molecule has 0 saturated carbocycles. The zero-order chi connectivity index (χ0) is 15.1. The number of hydrogen-bond acceptors (Lipinski definition) is 5. The van der Waals surface area contributed by atoms with Crippen LogP contribution in [0.1, 0.15) is 49.9 Å². The first-order valence-corrected chi connectivity index (χ1v) is 8.44. The van der Waals surface area contributed by atoms with E-state index in [0.29, 0.717) is 0 Å². The van der Waals surface area contributed by atoms with Crippen LogP contribution in [0.25, 0.3) is 0 Å². The predicted octanol–water partition coefficient (Wildman–Crippen LogP) is 1.45. The van der Waals surface area contributed by atoms with Gasteiger partial charge in [-0.05, 0) is 19.8 Å². The van der Waals surface area contributed by atoms with E-state index in [1.54, 1.807) is 24.8 Å². The molecule has 0 radical (unpaired) electrons. The lowest BCUT2D eigenvalue weighted by atomic mass is 10.1. The minimum Gasteiger partial charge on any atom is -0.351 e. The zero-order valence-corrected chi connectivity index (χ0v) is 13.0. The van der Waals surface area contributed by atoms with Crippen molar-refractivity contribution in [3.8, 4) is 0 Å². The molecule has 0 N–H and O–H groups in total. The van der Waals surface area contributed by atoms with E-state index in [4.69, 9.17) is 4.52 Å². The zero-order valence-electron chi connectivity index (χ0n) is 12.2. The normalized spacial score (nSPS) is 25.9. The van der Waals surface area contributed by atoms with Gasteiger partial charge in [-0.15, -0.1) is 0 Å². The summed E-state index contributed by atoms with van der Waals surface area (Å²) < 4.78 is 28.7. The summed E-state index contributed by atoms with van der Waals surface area (Å²) in [6.45, 7) is 7.51. The summed E-state index contributed by atoms with van der Waals surface area (Å²) >= 11 is 0. The van der Waals surface area contributed by atoms with Gasteiger partial charge in [0, 0.05) is 18.7 Å². The van der Waals surface area contributed by atoms with Crippen LogP contribution in [0, 0.1) is 0 Å². The van der Waals surface area contributed by atoms with Crippen LogP contribution in [0.3, 0.4) is 0 Å². The second kappa shape index (κ2) is 5.20. The van der Waals surface area contributed by atoms with Crippen LogP contribution < -0.4 is 0 Å². The summed E-state index contributed by atoms with van der Waals surface area (Å²) in [5.74, 6) is 0.0548. The molecule has 0 spiro atoms. The molecule has 2 atom stereocenters. The van der Waals surface area contributed by atoms with Crippen LogP contribution in [0.2, 0.25) is 0 Å². The maximum atomic E-state index is 12.4. The van der Waals surface area contributed by atoms with Crippen LogP contribution >= 0.6 is 0 Å². The van der Waals surface area contributed by atoms with Crippen molar-refractivity contribution in [2.24, 2.45) is 0 Å².